The fourth-order valence-corrected chi connectivity index (χ4v) is 3.56. The van der Waals surface area contributed by atoms with Gasteiger partial charge in [-0.15, -0.1) is 11.8 Å². The Morgan fingerprint density at radius 2 is 1.83 bits per heavy atom. The van der Waals surface area contributed by atoms with Crippen LogP contribution >= 0.6 is 11.8 Å². The molecule has 1 amide bonds. The molecule has 29 heavy (non-hydrogen) atoms. The minimum absolute atomic E-state index is 0.0112. The molecule has 1 N–H and O–H groups in total. The number of rotatable bonds is 8. The lowest BCUT2D eigenvalue weighted by molar-refractivity contribution is -0.125. The van der Waals surface area contributed by atoms with E-state index in [1.807, 2.05) is 30.3 Å². The Kier molecular flexibility index (Phi) is 6.72. The highest BCUT2D eigenvalue weighted by molar-refractivity contribution is 8.00. The Labute approximate surface area is 172 Å². The molecule has 0 saturated carbocycles. The van der Waals surface area contributed by atoms with Gasteiger partial charge in [-0.3, -0.25) is 9.59 Å². The lowest BCUT2D eigenvalue weighted by Gasteiger charge is -2.12. The number of hydrogen-bond acceptors (Lipinski definition) is 6. The number of para-hydroxylation sites is 1. The molecule has 0 bridgehead atoms. The predicted molar refractivity (Wildman–Crippen MR) is 111 cm³/mol. The van der Waals surface area contributed by atoms with Crippen LogP contribution in [0.25, 0.3) is 11.0 Å². The maximum absolute atomic E-state index is 12.4. The lowest BCUT2D eigenvalue weighted by Crippen LogP contribution is -2.31. The third-order valence-corrected chi connectivity index (χ3v) is 5.34. The molecule has 7 heteroatoms. The Hall–Kier alpha value is -3.06. The van der Waals surface area contributed by atoms with Crippen LogP contribution < -0.4 is 5.32 Å². The fourth-order valence-electron chi connectivity index (χ4n) is 2.72. The second kappa shape index (κ2) is 9.43. The number of Topliss-reactive ketones (excluding diaryl/α,β-unsaturated/α-hetero) is 1. The van der Waals surface area contributed by atoms with E-state index in [2.05, 4.69) is 5.32 Å². The predicted octanol–water partition coefficient (Wildman–Crippen LogP) is 4.15. The summed E-state index contributed by atoms with van der Waals surface area (Å²) in [6, 6.07) is 15.9. The Morgan fingerprint density at radius 1 is 1.10 bits per heavy atom. The molecule has 0 radical (unpaired) electrons. The third-order valence-electron chi connectivity index (χ3n) is 4.12. The Morgan fingerprint density at radius 3 is 2.59 bits per heavy atom. The summed E-state index contributed by atoms with van der Waals surface area (Å²) in [6.45, 7) is 2.88. The number of thioether (sulfide) groups is 1. The van der Waals surface area contributed by atoms with Gasteiger partial charge in [0.25, 0.3) is 5.91 Å². The van der Waals surface area contributed by atoms with E-state index in [1.54, 1.807) is 31.2 Å². The number of esters is 1. The number of fused-ring (bicyclic) bond motifs is 1. The average molecular weight is 411 g/mol. The van der Waals surface area contributed by atoms with Crippen LogP contribution in [0.4, 0.5) is 0 Å². The molecule has 1 heterocycles. The third kappa shape index (κ3) is 5.48. The smallest absolute Gasteiger partial charge is 0.339 e. The van der Waals surface area contributed by atoms with E-state index >= 15 is 0 Å². The van der Waals surface area contributed by atoms with Crippen molar-refractivity contribution in [2.24, 2.45) is 0 Å². The standard InChI is InChI=1S/C22H21NO5S/c1-14(24)13-29-20-10-6-4-8-17(20)22(26)27-12-21(25)23-15(2)19-11-16-7-3-5-9-18(16)28-19/h3-11,15H,12-13H2,1-2H3,(H,23,25)/t15-/m0/s1. The molecule has 0 spiro atoms. The van der Waals surface area contributed by atoms with Crippen LogP contribution in [0.2, 0.25) is 0 Å². The van der Waals surface area contributed by atoms with Crippen molar-refractivity contribution in [2.75, 3.05) is 12.4 Å². The summed E-state index contributed by atoms with van der Waals surface area (Å²) >= 11 is 1.26. The van der Waals surface area contributed by atoms with Gasteiger partial charge in [0.15, 0.2) is 6.61 Å². The number of hydrogen-bond donors (Lipinski definition) is 1. The average Bonchev–Trinajstić information content (AvgIpc) is 3.15. The fraction of sp³-hybridized carbons (Fsp3) is 0.227. The van der Waals surface area contributed by atoms with Crippen LogP contribution in [0.1, 0.15) is 36.0 Å². The molecule has 0 aliphatic rings. The normalized spacial score (nSPS) is 11.8. The topological polar surface area (TPSA) is 85.6 Å². The molecule has 6 nitrogen and oxygen atoms in total. The Bertz CT molecular complexity index is 1010. The van der Waals surface area contributed by atoms with E-state index in [9.17, 15) is 14.4 Å². The van der Waals surface area contributed by atoms with E-state index in [0.29, 0.717) is 16.2 Å². The van der Waals surface area contributed by atoms with Crippen molar-refractivity contribution in [3.63, 3.8) is 0 Å². The van der Waals surface area contributed by atoms with Gasteiger partial charge >= 0.3 is 5.97 Å². The molecule has 1 aromatic heterocycles. The summed E-state index contributed by atoms with van der Waals surface area (Å²) in [4.78, 5) is 36.4. The molecule has 0 saturated heterocycles. The highest BCUT2D eigenvalue weighted by atomic mass is 32.2. The zero-order valence-corrected chi connectivity index (χ0v) is 17.0. The number of benzene rings is 2. The number of furan rings is 1. The van der Waals surface area contributed by atoms with Gasteiger partial charge in [-0.25, -0.2) is 4.79 Å². The molecule has 0 fully saturated rings. The van der Waals surface area contributed by atoms with Gasteiger partial charge in [0.05, 0.1) is 17.4 Å². The molecule has 0 unspecified atom stereocenters. The zero-order chi connectivity index (χ0) is 20.8. The second-order valence-electron chi connectivity index (χ2n) is 6.54. The summed E-state index contributed by atoms with van der Waals surface area (Å²) < 4.78 is 10.9. The van der Waals surface area contributed by atoms with E-state index < -0.39 is 18.5 Å². The molecule has 0 aliphatic carbocycles. The molecular weight excluding hydrogens is 390 g/mol. The van der Waals surface area contributed by atoms with Gasteiger partial charge in [0.2, 0.25) is 0 Å². The lowest BCUT2D eigenvalue weighted by atomic mass is 10.2. The first-order valence-corrected chi connectivity index (χ1v) is 10.1. The van der Waals surface area contributed by atoms with Crippen molar-refractivity contribution in [2.45, 2.75) is 24.8 Å². The van der Waals surface area contributed by atoms with E-state index in [0.717, 1.165) is 11.0 Å². The number of carbonyl (C=O) groups excluding carboxylic acids is 3. The van der Waals surface area contributed by atoms with Crippen LogP contribution in [-0.4, -0.2) is 30.0 Å². The number of ketones is 1. The van der Waals surface area contributed by atoms with Crippen LogP contribution in [0.5, 0.6) is 0 Å². The van der Waals surface area contributed by atoms with Crippen molar-refractivity contribution in [3.8, 4) is 0 Å². The van der Waals surface area contributed by atoms with Crippen LogP contribution in [0.15, 0.2) is 63.9 Å². The highest BCUT2D eigenvalue weighted by Gasteiger charge is 2.18. The monoisotopic (exact) mass is 411 g/mol. The number of ether oxygens (including phenoxy) is 1. The summed E-state index contributed by atoms with van der Waals surface area (Å²) in [7, 11) is 0. The van der Waals surface area contributed by atoms with Crippen LogP contribution in [0.3, 0.4) is 0 Å². The van der Waals surface area contributed by atoms with Gasteiger partial charge in [0, 0.05) is 10.3 Å². The summed E-state index contributed by atoms with van der Waals surface area (Å²) in [6.07, 6.45) is 0. The molecule has 3 aromatic rings. The van der Waals surface area contributed by atoms with E-state index in [4.69, 9.17) is 9.15 Å². The second-order valence-corrected chi connectivity index (χ2v) is 7.56. The minimum Gasteiger partial charge on any atom is -0.459 e. The van der Waals surface area contributed by atoms with E-state index in [1.165, 1.54) is 18.7 Å². The number of nitrogens with one attached hydrogen (secondary N) is 1. The van der Waals surface area contributed by atoms with Gasteiger partial charge < -0.3 is 14.5 Å². The minimum atomic E-state index is -0.608. The quantitative estimate of drug-likeness (QED) is 0.443. The molecule has 2 aromatic carbocycles. The molecule has 0 aliphatic heterocycles. The first kappa shape index (κ1) is 20.7. The summed E-state index contributed by atoms with van der Waals surface area (Å²) in [5.74, 6) is -0.142. The number of carbonyl (C=O) groups is 3. The summed E-state index contributed by atoms with van der Waals surface area (Å²) in [5, 5.41) is 3.71. The molecule has 1 atom stereocenters. The summed E-state index contributed by atoms with van der Waals surface area (Å²) in [5.41, 5.74) is 1.08. The molecule has 3 rings (SSSR count). The van der Waals surface area contributed by atoms with Crippen molar-refractivity contribution in [3.05, 3.63) is 65.9 Å². The highest BCUT2D eigenvalue weighted by Crippen LogP contribution is 2.24. The van der Waals surface area contributed by atoms with Crippen molar-refractivity contribution < 1.29 is 23.5 Å². The van der Waals surface area contributed by atoms with Gasteiger partial charge in [0.1, 0.15) is 17.1 Å². The Balaban J connectivity index is 1.56. The van der Waals surface area contributed by atoms with Crippen molar-refractivity contribution >= 4 is 40.4 Å². The first-order valence-electron chi connectivity index (χ1n) is 9.10. The van der Waals surface area contributed by atoms with Gasteiger partial charge in [-0.1, -0.05) is 30.3 Å². The molecule has 150 valence electrons. The van der Waals surface area contributed by atoms with Crippen LogP contribution in [0, 0.1) is 0 Å². The molecular formula is C22H21NO5S. The largest absolute Gasteiger partial charge is 0.459 e. The van der Waals surface area contributed by atoms with Crippen LogP contribution in [-0.2, 0) is 14.3 Å². The maximum atomic E-state index is 12.4. The maximum Gasteiger partial charge on any atom is 0.339 e. The van der Waals surface area contributed by atoms with E-state index in [-0.39, 0.29) is 17.6 Å². The van der Waals surface area contributed by atoms with Gasteiger partial charge in [-0.2, -0.15) is 0 Å². The first-order chi connectivity index (χ1) is 13.9. The SMILES string of the molecule is CC(=O)CSc1ccccc1C(=O)OCC(=O)N[C@@H](C)c1cc2ccccc2o1. The number of amides is 1. The van der Waals surface area contributed by atoms with Crippen molar-refractivity contribution in [1.82, 2.24) is 5.32 Å². The zero-order valence-electron chi connectivity index (χ0n) is 16.1. The van der Waals surface area contributed by atoms with Gasteiger partial charge in [-0.05, 0) is 38.1 Å². The van der Waals surface area contributed by atoms with Crippen molar-refractivity contribution in [1.29, 1.82) is 0 Å².